The molecule has 0 saturated carbocycles. The third-order valence-corrected chi connectivity index (χ3v) is 3.05. The van der Waals surface area contributed by atoms with Gasteiger partial charge in [0.2, 0.25) is 11.8 Å². The molecule has 1 aromatic carbocycles. The van der Waals surface area contributed by atoms with Gasteiger partial charge in [-0.25, -0.2) is 0 Å². The van der Waals surface area contributed by atoms with Gasteiger partial charge in [-0.3, -0.25) is 29.8 Å². The van der Waals surface area contributed by atoms with Crippen molar-refractivity contribution < 1.29 is 19.2 Å². The number of benzene rings is 1. The number of hydrogen-bond acceptors (Lipinski definition) is 5. The zero-order valence-corrected chi connectivity index (χ0v) is 9.65. The molecule has 1 saturated heterocycles. The Morgan fingerprint density at radius 3 is 2.42 bits per heavy atom. The molecule has 0 bridgehead atoms. The highest BCUT2D eigenvalue weighted by Gasteiger charge is 2.31. The second-order valence-electron chi connectivity index (χ2n) is 4.36. The minimum absolute atomic E-state index is 0.0566. The summed E-state index contributed by atoms with van der Waals surface area (Å²) < 4.78 is 0. The fourth-order valence-electron chi connectivity index (χ4n) is 2.13. The van der Waals surface area contributed by atoms with E-state index in [-0.39, 0.29) is 17.9 Å². The standard InChI is InChI=1S/C12H9N3O4/c16-9-4-8(12(19)14-9)13-5-1-2-6-7(3-5)11(18)15-10(6)17/h1-3,8,13H,4H2,(H,14,16,19)(H,15,17,18). The van der Waals surface area contributed by atoms with Gasteiger partial charge in [0.05, 0.1) is 17.5 Å². The molecule has 0 spiro atoms. The molecule has 2 aliphatic heterocycles. The lowest BCUT2D eigenvalue weighted by molar-refractivity contribution is -0.124. The molecule has 7 nitrogen and oxygen atoms in total. The summed E-state index contributed by atoms with van der Waals surface area (Å²) in [6.07, 6.45) is 0.0566. The van der Waals surface area contributed by atoms with Gasteiger partial charge in [-0.1, -0.05) is 0 Å². The van der Waals surface area contributed by atoms with Crippen molar-refractivity contribution in [3.05, 3.63) is 29.3 Å². The van der Waals surface area contributed by atoms with E-state index >= 15 is 0 Å². The zero-order valence-electron chi connectivity index (χ0n) is 9.65. The lowest BCUT2D eigenvalue weighted by Crippen LogP contribution is -2.30. The summed E-state index contributed by atoms with van der Waals surface area (Å²) in [5.74, 6) is -1.63. The maximum absolute atomic E-state index is 11.5. The molecule has 1 unspecified atom stereocenters. The highest BCUT2D eigenvalue weighted by atomic mass is 16.2. The Morgan fingerprint density at radius 1 is 1.00 bits per heavy atom. The van der Waals surface area contributed by atoms with Crippen LogP contribution < -0.4 is 16.0 Å². The van der Waals surface area contributed by atoms with Gasteiger partial charge in [0.1, 0.15) is 6.04 Å². The van der Waals surface area contributed by atoms with Crippen molar-refractivity contribution >= 4 is 29.3 Å². The Morgan fingerprint density at radius 2 is 1.74 bits per heavy atom. The normalized spacial score (nSPS) is 21.2. The Hall–Kier alpha value is -2.70. The number of carbonyl (C=O) groups excluding carboxylic acids is 4. The topological polar surface area (TPSA) is 104 Å². The maximum Gasteiger partial charge on any atom is 0.259 e. The Kier molecular flexibility index (Phi) is 2.34. The zero-order chi connectivity index (χ0) is 13.6. The second kappa shape index (κ2) is 3.91. The van der Waals surface area contributed by atoms with Crippen molar-refractivity contribution in [1.82, 2.24) is 10.6 Å². The van der Waals surface area contributed by atoms with Gasteiger partial charge in [0.25, 0.3) is 11.8 Å². The van der Waals surface area contributed by atoms with E-state index in [1.54, 1.807) is 6.07 Å². The van der Waals surface area contributed by atoms with Crippen LogP contribution in [0.5, 0.6) is 0 Å². The summed E-state index contributed by atoms with van der Waals surface area (Å²) >= 11 is 0. The van der Waals surface area contributed by atoms with Crippen molar-refractivity contribution in [2.24, 2.45) is 0 Å². The molecular weight excluding hydrogens is 250 g/mol. The SMILES string of the molecule is O=C1CC(Nc2ccc3c(c2)C(=O)NC3=O)C(=O)N1. The smallest absolute Gasteiger partial charge is 0.259 e. The van der Waals surface area contributed by atoms with Crippen LogP contribution in [0.4, 0.5) is 5.69 Å². The van der Waals surface area contributed by atoms with Crippen LogP contribution >= 0.6 is 0 Å². The molecule has 1 fully saturated rings. The predicted octanol–water partition coefficient (Wildman–Crippen LogP) is -0.603. The number of rotatable bonds is 2. The van der Waals surface area contributed by atoms with E-state index in [1.807, 2.05) is 0 Å². The van der Waals surface area contributed by atoms with E-state index in [0.717, 1.165) is 0 Å². The van der Waals surface area contributed by atoms with Crippen LogP contribution in [0, 0.1) is 0 Å². The number of imide groups is 2. The summed E-state index contributed by atoms with van der Waals surface area (Å²) in [7, 11) is 0. The number of anilines is 1. The average Bonchev–Trinajstić information content (AvgIpc) is 2.81. The van der Waals surface area contributed by atoms with Gasteiger partial charge in [0, 0.05) is 5.69 Å². The quantitative estimate of drug-likeness (QED) is 0.615. The highest BCUT2D eigenvalue weighted by molar-refractivity contribution is 6.21. The third kappa shape index (κ3) is 1.85. The maximum atomic E-state index is 11.5. The van der Waals surface area contributed by atoms with Gasteiger partial charge in [-0.15, -0.1) is 0 Å². The fraction of sp³-hybridized carbons (Fsp3) is 0.167. The van der Waals surface area contributed by atoms with E-state index in [1.165, 1.54) is 12.1 Å². The molecule has 4 amide bonds. The van der Waals surface area contributed by atoms with Crippen molar-refractivity contribution in [1.29, 1.82) is 0 Å². The molecule has 3 N–H and O–H groups in total. The lowest BCUT2D eigenvalue weighted by atomic mass is 10.1. The molecule has 96 valence electrons. The van der Waals surface area contributed by atoms with Gasteiger partial charge in [0.15, 0.2) is 0 Å². The molecule has 1 aromatic rings. The van der Waals surface area contributed by atoms with Crippen LogP contribution in [-0.2, 0) is 9.59 Å². The van der Waals surface area contributed by atoms with Crippen LogP contribution in [0.2, 0.25) is 0 Å². The van der Waals surface area contributed by atoms with E-state index < -0.39 is 23.8 Å². The number of carbonyl (C=O) groups is 4. The van der Waals surface area contributed by atoms with Gasteiger partial charge < -0.3 is 5.32 Å². The molecule has 0 aliphatic carbocycles. The summed E-state index contributed by atoms with van der Waals surface area (Å²) in [5, 5.41) is 7.22. The lowest BCUT2D eigenvalue weighted by Gasteiger charge is -2.11. The van der Waals surface area contributed by atoms with E-state index in [0.29, 0.717) is 11.3 Å². The highest BCUT2D eigenvalue weighted by Crippen LogP contribution is 2.21. The largest absolute Gasteiger partial charge is 0.373 e. The number of hydrogen-bond donors (Lipinski definition) is 3. The Bertz CT molecular complexity index is 638. The van der Waals surface area contributed by atoms with E-state index in [9.17, 15) is 19.2 Å². The van der Waals surface area contributed by atoms with Crippen LogP contribution in [0.15, 0.2) is 18.2 Å². The Balaban J connectivity index is 1.86. The van der Waals surface area contributed by atoms with E-state index in [2.05, 4.69) is 16.0 Å². The molecule has 0 aromatic heterocycles. The number of amides is 4. The molecular formula is C12H9N3O4. The van der Waals surface area contributed by atoms with Crippen LogP contribution in [0.25, 0.3) is 0 Å². The molecule has 1 atom stereocenters. The third-order valence-electron chi connectivity index (χ3n) is 3.05. The van der Waals surface area contributed by atoms with Crippen molar-refractivity contribution in [3.63, 3.8) is 0 Å². The number of nitrogens with one attached hydrogen (secondary N) is 3. The predicted molar refractivity (Wildman–Crippen MR) is 63.4 cm³/mol. The minimum atomic E-state index is -0.647. The molecule has 2 heterocycles. The van der Waals surface area contributed by atoms with Gasteiger partial charge in [-0.05, 0) is 18.2 Å². The first-order valence-electron chi connectivity index (χ1n) is 5.64. The van der Waals surface area contributed by atoms with Crippen LogP contribution in [-0.4, -0.2) is 29.7 Å². The van der Waals surface area contributed by atoms with Gasteiger partial charge in [-0.2, -0.15) is 0 Å². The summed E-state index contributed by atoms with van der Waals surface area (Å²) in [6.45, 7) is 0. The van der Waals surface area contributed by atoms with Crippen LogP contribution in [0.3, 0.4) is 0 Å². The molecule has 7 heteroatoms. The first-order chi connectivity index (χ1) is 9.04. The first kappa shape index (κ1) is 11.4. The summed E-state index contributed by atoms with van der Waals surface area (Å²) in [6, 6.07) is 3.94. The van der Waals surface area contributed by atoms with Crippen molar-refractivity contribution in [3.8, 4) is 0 Å². The molecule has 19 heavy (non-hydrogen) atoms. The summed E-state index contributed by atoms with van der Waals surface area (Å²) in [4.78, 5) is 45.3. The molecule has 0 radical (unpaired) electrons. The summed E-state index contributed by atoms with van der Waals surface area (Å²) in [5.41, 5.74) is 1.08. The van der Waals surface area contributed by atoms with Crippen LogP contribution in [0.1, 0.15) is 27.1 Å². The Labute approximate surface area is 107 Å². The second-order valence-corrected chi connectivity index (χ2v) is 4.36. The minimum Gasteiger partial charge on any atom is -0.373 e. The fourth-order valence-corrected chi connectivity index (χ4v) is 2.13. The van der Waals surface area contributed by atoms with Crippen molar-refractivity contribution in [2.75, 3.05) is 5.32 Å². The van der Waals surface area contributed by atoms with Crippen molar-refractivity contribution in [2.45, 2.75) is 12.5 Å². The monoisotopic (exact) mass is 259 g/mol. The number of fused-ring (bicyclic) bond motifs is 1. The first-order valence-corrected chi connectivity index (χ1v) is 5.64. The van der Waals surface area contributed by atoms with Gasteiger partial charge >= 0.3 is 0 Å². The molecule has 3 rings (SSSR count). The molecule has 2 aliphatic rings. The van der Waals surface area contributed by atoms with E-state index in [4.69, 9.17) is 0 Å². The average molecular weight is 259 g/mol.